The van der Waals surface area contributed by atoms with E-state index in [2.05, 4.69) is 74.7 Å². The van der Waals surface area contributed by atoms with Crippen molar-refractivity contribution < 1.29 is 24.5 Å². The highest BCUT2D eigenvalue weighted by molar-refractivity contribution is 5.77. The highest BCUT2D eigenvalue weighted by atomic mass is 16.5. The van der Waals surface area contributed by atoms with Gasteiger partial charge in [-0.25, -0.2) is 0 Å². The molecule has 0 rings (SSSR count). The van der Waals surface area contributed by atoms with Crippen molar-refractivity contribution in [2.75, 3.05) is 6.61 Å². The number of nitrogens with one attached hydrogen (secondary N) is 1. The molecular weight excluding hydrogens is 815 g/mol. The second kappa shape index (κ2) is 52.5. The van der Waals surface area contributed by atoms with Gasteiger partial charge in [0.2, 0.25) is 5.91 Å². The molecule has 0 spiro atoms. The van der Waals surface area contributed by atoms with Crippen LogP contribution in [-0.4, -0.2) is 46.9 Å². The van der Waals surface area contributed by atoms with Crippen molar-refractivity contribution in [1.29, 1.82) is 0 Å². The topological polar surface area (TPSA) is 95.9 Å². The summed E-state index contributed by atoms with van der Waals surface area (Å²) in [5.41, 5.74) is 0. The van der Waals surface area contributed by atoms with Gasteiger partial charge in [0, 0.05) is 6.42 Å². The summed E-state index contributed by atoms with van der Waals surface area (Å²) in [6.45, 7) is 6.29. The third-order valence-corrected chi connectivity index (χ3v) is 11.8. The highest BCUT2D eigenvalue weighted by Crippen LogP contribution is 2.17. The van der Waals surface area contributed by atoms with Gasteiger partial charge in [-0.15, -0.1) is 0 Å². The quantitative estimate of drug-likeness (QED) is 0.0321. The fourth-order valence-corrected chi connectivity index (χ4v) is 7.70. The number of carbonyl (C=O) groups excluding carboxylic acids is 2. The third-order valence-electron chi connectivity index (χ3n) is 11.8. The molecule has 0 aliphatic heterocycles. The minimum absolute atomic E-state index is 0.0276. The number of hydrogen-bond donors (Lipinski definition) is 3. The first-order valence-corrected chi connectivity index (χ1v) is 27.2. The minimum Gasteiger partial charge on any atom is -0.462 e. The van der Waals surface area contributed by atoms with E-state index in [1.165, 1.54) is 103 Å². The predicted octanol–water partition coefficient (Wildman–Crippen LogP) is 16.7. The van der Waals surface area contributed by atoms with Crippen LogP contribution in [0.15, 0.2) is 109 Å². The Labute approximate surface area is 407 Å². The molecule has 0 saturated carbocycles. The number of rotatable bonds is 47. The molecule has 376 valence electrons. The van der Waals surface area contributed by atoms with Crippen LogP contribution in [-0.2, 0) is 14.3 Å². The van der Waals surface area contributed by atoms with Gasteiger partial charge in [-0.05, 0) is 70.6 Å². The largest absolute Gasteiger partial charge is 0.462 e. The average Bonchev–Trinajstić information content (AvgIpc) is 3.31. The lowest BCUT2D eigenvalue weighted by atomic mass is 10.0. The minimum atomic E-state index is -0.814. The Morgan fingerprint density at radius 2 is 0.818 bits per heavy atom. The molecule has 0 aliphatic rings. The van der Waals surface area contributed by atoms with Crippen LogP contribution in [0.3, 0.4) is 0 Å². The summed E-state index contributed by atoms with van der Waals surface area (Å²) in [5, 5.41) is 23.8. The molecule has 6 heteroatoms. The van der Waals surface area contributed by atoms with E-state index in [1.54, 1.807) is 0 Å². The Morgan fingerprint density at radius 3 is 1.27 bits per heavy atom. The van der Waals surface area contributed by atoms with Crippen LogP contribution in [0.1, 0.15) is 233 Å². The maximum atomic E-state index is 13.2. The lowest BCUT2D eigenvalue weighted by molar-refractivity contribution is -0.151. The molecule has 6 nitrogen and oxygen atoms in total. The van der Waals surface area contributed by atoms with Gasteiger partial charge in [-0.3, -0.25) is 9.59 Å². The van der Waals surface area contributed by atoms with E-state index >= 15 is 0 Å². The molecule has 0 bridgehead atoms. The number of esters is 1. The first-order valence-electron chi connectivity index (χ1n) is 27.2. The van der Waals surface area contributed by atoms with Gasteiger partial charge in [0.05, 0.1) is 25.2 Å². The summed E-state index contributed by atoms with van der Waals surface area (Å²) in [6, 6.07) is -0.732. The van der Waals surface area contributed by atoms with E-state index in [1.807, 2.05) is 60.8 Å². The predicted molar refractivity (Wildman–Crippen MR) is 287 cm³/mol. The Morgan fingerprint density at radius 1 is 0.455 bits per heavy atom. The molecule has 0 radical (unpaired) electrons. The molecular formula is C60H101NO5. The summed E-state index contributed by atoms with van der Waals surface area (Å²) >= 11 is 0. The first kappa shape index (κ1) is 62.5. The SMILES string of the molecule is CC/C=C/C=C/C=C\C=C/C=C/CCCCCC(=O)OC(CCCCC/C=C/C=C/C=C/C=C/CCCCC)CC(=O)NC(CO)C(O)CCCCCCCCCCCCCCCCCC. The van der Waals surface area contributed by atoms with Gasteiger partial charge < -0.3 is 20.3 Å². The molecule has 66 heavy (non-hydrogen) atoms. The number of carbonyl (C=O) groups is 2. The van der Waals surface area contributed by atoms with Gasteiger partial charge in [0.25, 0.3) is 0 Å². The smallest absolute Gasteiger partial charge is 0.306 e. The lowest BCUT2D eigenvalue weighted by Crippen LogP contribution is -2.46. The van der Waals surface area contributed by atoms with Crippen LogP contribution in [0.25, 0.3) is 0 Å². The van der Waals surface area contributed by atoms with Gasteiger partial charge >= 0.3 is 5.97 Å². The van der Waals surface area contributed by atoms with Crippen LogP contribution in [0, 0.1) is 0 Å². The Kier molecular flexibility index (Phi) is 49.7. The molecule has 3 N–H and O–H groups in total. The van der Waals surface area contributed by atoms with E-state index in [9.17, 15) is 19.8 Å². The lowest BCUT2D eigenvalue weighted by Gasteiger charge is -2.24. The maximum Gasteiger partial charge on any atom is 0.306 e. The molecule has 0 aromatic heterocycles. The zero-order valence-electron chi connectivity index (χ0n) is 42.8. The van der Waals surface area contributed by atoms with E-state index in [-0.39, 0.29) is 24.9 Å². The number of unbranched alkanes of at least 4 members (excludes halogenated alkanes) is 24. The molecule has 0 aromatic carbocycles. The maximum absolute atomic E-state index is 13.2. The first-order chi connectivity index (χ1) is 32.5. The number of ether oxygens (including phenoxy) is 1. The van der Waals surface area contributed by atoms with Crippen LogP contribution < -0.4 is 5.32 Å². The summed E-state index contributed by atoms with van der Waals surface area (Å²) in [4.78, 5) is 26.2. The Bertz CT molecular complexity index is 1350. The fraction of sp³-hybridized carbons (Fsp3) is 0.667. The van der Waals surface area contributed by atoms with Gasteiger partial charge in [0.15, 0.2) is 0 Å². The van der Waals surface area contributed by atoms with Crippen molar-refractivity contribution >= 4 is 11.9 Å². The molecule has 1 amide bonds. The van der Waals surface area contributed by atoms with Crippen molar-refractivity contribution in [2.45, 2.75) is 251 Å². The molecule has 0 fully saturated rings. The van der Waals surface area contributed by atoms with E-state index in [0.29, 0.717) is 19.3 Å². The Hall–Kier alpha value is -3.48. The van der Waals surface area contributed by atoms with E-state index < -0.39 is 18.2 Å². The molecule has 0 heterocycles. The van der Waals surface area contributed by atoms with Gasteiger partial charge in [0.1, 0.15) is 6.10 Å². The normalized spacial score (nSPS) is 14.1. The van der Waals surface area contributed by atoms with Crippen molar-refractivity contribution in [3.05, 3.63) is 109 Å². The summed E-state index contributed by atoms with van der Waals surface area (Å²) in [6.07, 6.45) is 71.4. The number of allylic oxidation sites excluding steroid dienone is 18. The summed E-state index contributed by atoms with van der Waals surface area (Å²) in [5.74, 6) is -0.569. The van der Waals surface area contributed by atoms with Crippen LogP contribution in [0.5, 0.6) is 0 Å². The van der Waals surface area contributed by atoms with Crippen molar-refractivity contribution in [2.24, 2.45) is 0 Å². The van der Waals surface area contributed by atoms with Crippen molar-refractivity contribution in [1.82, 2.24) is 5.32 Å². The third kappa shape index (κ3) is 47.0. The number of aliphatic hydroxyl groups is 2. The second-order valence-corrected chi connectivity index (χ2v) is 18.1. The van der Waals surface area contributed by atoms with Crippen molar-refractivity contribution in [3.8, 4) is 0 Å². The van der Waals surface area contributed by atoms with Crippen LogP contribution in [0.4, 0.5) is 0 Å². The molecule has 0 aromatic rings. The molecule has 0 saturated heterocycles. The zero-order valence-corrected chi connectivity index (χ0v) is 42.8. The molecule has 3 unspecified atom stereocenters. The summed E-state index contributed by atoms with van der Waals surface area (Å²) in [7, 11) is 0. The standard InChI is InChI=1S/C60H101NO5/c1-4-7-10-13-16-19-22-25-28-31-33-36-39-42-45-48-51-56(66-60(65)53-50-47-44-41-38-35-30-27-24-21-18-15-12-9-6-3)54-59(64)61-57(55-62)58(63)52-49-46-43-40-37-34-32-29-26-23-20-17-14-11-8-5-2/h9,12,15-16,18-19,21-22,24-25,27-28,30-31,33,35-36,38,56-58,62-63H,4-8,10-11,13-14,17,20,23,26,29,32,34,37,39-55H2,1-3H3,(H,61,64)/b12-9+,18-15+,19-16+,24-21-,25-22+,30-27-,31-28+,36-33+,38-35+. The van der Waals surface area contributed by atoms with Crippen LogP contribution in [0.2, 0.25) is 0 Å². The monoisotopic (exact) mass is 916 g/mol. The zero-order chi connectivity index (χ0) is 48.1. The van der Waals surface area contributed by atoms with Crippen molar-refractivity contribution in [3.63, 3.8) is 0 Å². The summed E-state index contributed by atoms with van der Waals surface area (Å²) < 4.78 is 5.91. The molecule has 0 aliphatic carbocycles. The number of amides is 1. The second-order valence-electron chi connectivity index (χ2n) is 18.1. The van der Waals surface area contributed by atoms with E-state index in [0.717, 1.165) is 83.5 Å². The number of hydrogen-bond acceptors (Lipinski definition) is 5. The van der Waals surface area contributed by atoms with Gasteiger partial charge in [-0.1, -0.05) is 259 Å². The number of aliphatic hydroxyl groups excluding tert-OH is 2. The van der Waals surface area contributed by atoms with E-state index in [4.69, 9.17) is 4.74 Å². The van der Waals surface area contributed by atoms with Gasteiger partial charge in [-0.2, -0.15) is 0 Å². The Balaban J connectivity index is 4.74. The average molecular weight is 916 g/mol. The highest BCUT2D eigenvalue weighted by Gasteiger charge is 2.24. The molecule has 3 atom stereocenters. The van der Waals surface area contributed by atoms with Crippen LogP contribution >= 0.6 is 0 Å². The fourth-order valence-electron chi connectivity index (χ4n) is 7.70.